The number of aromatic amines is 1. The number of anilines is 1. The molecular weight excluding hydrogens is 298 g/mol. The van der Waals surface area contributed by atoms with Gasteiger partial charge in [-0.15, -0.1) is 0 Å². The second kappa shape index (κ2) is 5.92. The highest BCUT2D eigenvalue weighted by atomic mass is 15.0. The first kappa shape index (κ1) is 14.6. The van der Waals surface area contributed by atoms with Crippen molar-refractivity contribution in [2.45, 2.75) is 20.3 Å². The van der Waals surface area contributed by atoms with Crippen molar-refractivity contribution in [1.29, 1.82) is 0 Å². The monoisotopic (exact) mass is 317 g/mol. The van der Waals surface area contributed by atoms with Crippen LogP contribution in [0.5, 0.6) is 0 Å². The first-order chi connectivity index (χ1) is 11.7. The minimum Gasteiger partial charge on any atom is -0.357 e. The molecule has 0 saturated carbocycles. The number of H-pyrrole nitrogens is 1. The average Bonchev–Trinajstić information content (AvgIpc) is 2.99. The molecule has 0 aliphatic carbocycles. The van der Waals surface area contributed by atoms with Gasteiger partial charge in [-0.1, -0.05) is 29.8 Å². The van der Waals surface area contributed by atoms with Crippen LogP contribution in [0.1, 0.15) is 18.9 Å². The molecule has 0 spiro atoms. The third-order valence-corrected chi connectivity index (χ3v) is 4.09. The molecule has 0 unspecified atom stereocenters. The molecule has 0 atom stereocenters. The summed E-state index contributed by atoms with van der Waals surface area (Å²) in [5.41, 5.74) is 7.13. The van der Waals surface area contributed by atoms with Crippen molar-refractivity contribution in [3.63, 3.8) is 0 Å². The highest BCUT2D eigenvalue weighted by Crippen LogP contribution is 2.22. The summed E-state index contributed by atoms with van der Waals surface area (Å²) >= 11 is 0. The summed E-state index contributed by atoms with van der Waals surface area (Å²) in [7, 11) is 0. The SMILES string of the molecule is CC1=NCCC(Nc2cnc3[nH]c(-c4ccc(C)cc4)nc3c2)=C1. The van der Waals surface area contributed by atoms with Gasteiger partial charge in [0.15, 0.2) is 5.65 Å². The number of hydrogen-bond acceptors (Lipinski definition) is 4. The first-order valence-electron chi connectivity index (χ1n) is 8.09. The van der Waals surface area contributed by atoms with Crippen LogP contribution in [0.25, 0.3) is 22.6 Å². The lowest BCUT2D eigenvalue weighted by Gasteiger charge is -2.13. The summed E-state index contributed by atoms with van der Waals surface area (Å²) in [6, 6.07) is 10.3. The van der Waals surface area contributed by atoms with Crippen molar-refractivity contribution in [3.05, 3.63) is 53.9 Å². The fourth-order valence-corrected chi connectivity index (χ4v) is 2.82. The number of nitrogens with one attached hydrogen (secondary N) is 2. The Balaban J connectivity index is 1.64. The normalized spacial score (nSPS) is 14.4. The van der Waals surface area contributed by atoms with Crippen LogP contribution in [0.3, 0.4) is 0 Å². The smallest absolute Gasteiger partial charge is 0.157 e. The van der Waals surface area contributed by atoms with Crippen LogP contribution in [0.15, 0.2) is 53.3 Å². The van der Waals surface area contributed by atoms with Crippen LogP contribution >= 0.6 is 0 Å². The Kier molecular flexibility index (Phi) is 3.61. The molecule has 2 N–H and O–H groups in total. The summed E-state index contributed by atoms with van der Waals surface area (Å²) < 4.78 is 0. The summed E-state index contributed by atoms with van der Waals surface area (Å²) in [6.45, 7) is 4.93. The number of aryl methyl sites for hydroxylation is 1. The summed E-state index contributed by atoms with van der Waals surface area (Å²) in [5.74, 6) is 0.842. The van der Waals surface area contributed by atoms with Crippen molar-refractivity contribution in [2.24, 2.45) is 4.99 Å². The molecule has 1 aromatic carbocycles. The maximum Gasteiger partial charge on any atom is 0.157 e. The minimum absolute atomic E-state index is 0.798. The number of fused-ring (bicyclic) bond motifs is 1. The van der Waals surface area contributed by atoms with E-state index in [0.717, 1.165) is 52.6 Å². The lowest BCUT2D eigenvalue weighted by atomic mass is 10.1. The second-order valence-electron chi connectivity index (χ2n) is 6.11. The van der Waals surface area contributed by atoms with Crippen LogP contribution in [-0.4, -0.2) is 27.2 Å². The molecule has 24 heavy (non-hydrogen) atoms. The molecule has 0 bridgehead atoms. The summed E-state index contributed by atoms with van der Waals surface area (Å²) in [6.07, 6.45) is 4.84. The Hall–Kier alpha value is -2.95. The second-order valence-corrected chi connectivity index (χ2v) is 6.11. The van der Waals surface area contributed by atoms with E-state index < -0.39 is 0 Å². The Morgan fingerprint density at radius 1 is 1.12 bits per heavy atom. The average molecular weight is 317 g/mol. The van der Waals surface area contributed by atoms with Gasteiger partial charge in [-0.25, -0.2) is 9.97 Å². The number of nitrogens with zero attached hydrogens (tertiary/aromatic N) is 3. The van der Waals surface area contributed by atoms with Crippen molar-refractivity contribution >= 4 is 22.6 Å². The zero-order chi connectivity index (χ0) is 16.5. The number of imidazole rings is 1. The van der Waals surface area contributed by atoms with Crippen LogP contribution in [-0.2, 0) is 0 Å². The van der Waals surface area contributed by atoms with Crippen LogP contribution < -0.4 is 5.32 Å². The first-order valence-corrected chi connectivity index (χ1v) is 8.09. The van der Waals surface area contributed by atoms with Gasteiger partial charge in [0.05, 0.1) is 11.9 Å². The van der Waals surface area contributed by atoms with Gasteiger partial charge in [0.25, 0.3) is 0 Å². The van der Waals surface area contributed by atoms with E-state index in [-0.39, 0.29) is 0 Å². The largest absolute Gasteiger partial charge is 0.357 e. The molecule has 0 amide bonds. The molecule has 3 heterocycles. The van der Waals surface area contributed by atoms with Gasteiger partial charge in [0.1, 0.15) is 11.3 Å². The van der Waals surface area contributed by atoms with Gasteiger partial charge in [0, 0.05) is 29.9 Å². The molecule has 2 aromatic heterocycles. The van der Waals surface area contributed by atoms with Gasteiger partial charge < -0.3 is 10.3 Å². The number of pyridine rings is 1. The van der Waals surface area contributed by atoms with Gasteiger partial charge >= 0.3 is 0 Å². The van der Waals surface area contributed by atoms with E-state index in [1.54, 1.807) is 0 Å². The molecule has 5 heteroatoms. The van der Waals surface area contributed by atoms with Crippen molar-refractivity contribution in [3.8, 4) is 11.4 Å². The van der Waals surface area contributed by atoms with E-state index in [9.17, 15) is 0 Å². The molecule has 4 rings (SSSR count). The zero-order valence-electron chi connectivity index (χ0n) is 13.8. The maximum absolute atomic E-state index is 4.68. The van der Waals surface area contributed by atoms with Crippen molar-refractivity contribution in [2.75, 3.05) is 11.9 Å². The molecule has 0 saturated heterocycles. The van der Waals surface area contributed by atoms with Crippen LogP contribution in [0, 0.1) is 6.92 Å². The number of aliphatic imine (C=N–C) groups is 1. The molecule has 5 nitrogen and oxygen atoms in total. The van der Waals surface area contributed by atoms with Gasteiger partial charge in [-0.3, -0.25) is 4.99 Å². The van der Waals surface area contributed by atoms with Crippen molar-refractivity contribution in [1.82, 2.24) is 15.0 Å². The number of benzene rings is 1. The number of aromatic nitrogens is 3. The summed E-state index contributed by atoms with van der Waals surface area (Å²) in [4.78, 5) is 16.8. The standard InChI is InChI=1S/C19H19N5/c1-12-3-5-14(6-4-12)18-23-17-10-16(11-21-19(17)24-18)22-15-7-8-20-13(2)9-15/h3-6,9-11,22H,7-8H2,1-2H3,(H,21,23,24). The molecule has 3 aromatic rings. The van der Waals surface area contributed by atoms with E-state index in [1.807, 2.05) is 19.2 Å². The van der Waals surface area contributed by atoms with Crippen LogP contribution in [0.2, 0.25) is 0 Å². The van der Waals surface area contributed by atoms with Crippen molar-refractivity contribution < 1.29 is 0 Å². The predicted molar refractivity (Wildman–Crippen MR) is 98.4 cm³/mol. The molecule has 1 aliphatic heterocycles. The third kappa shape index (κ3) is 2.93. The third-order valence-electron chi connectivity index (χ3n) is 4.09. The topological polar surface area (TPSA) is 66.0 Å². The lowest BCUT2D eigenvalue weighted by molar-refractivity contribution is 0.938. The molecule has 0 fully saturated rings. The van der Waals surface area contributed by atoms with E-state index >= 15 is 0 Å². The maximum atomic E-state index is 4.68. The molecular formula is C19H19N5. The fourth-order valence-electron chi connectivity index (χ4n) is 2.82. The molecule has 0 radical (unpaired) electrons. The number of hydrogen-bond donors (Lipinski definition) is 2. The quantitative estimate of drug-likeness (QED) is 0.764. The lowest BCUT2D eigenvalue weighted by Crippen LogP contribution is -2.08. The minimum atomic E-state index is 0.798. The Morgan fingerprint density at radius 2 is 1.96 bits per heavy atom. The molecule has 120 valence electrons. The van der Waals surface area contributed by atoms with E-state index in [0.29, 0.717) is 0 Å². The van der Waals surface area contributed by atoms with E-state index in [1.165, 1.54) is 5.56 Å². The highest BCUT2D eigenvalue weighted by Gasteiger charge is 2.09. The highest BCUT2D eigenvalue weighted by molar-refractivity contribution is 5.94. The Morgan fingerprint density at radius 3 is 2.75 bits per heavy atom. The number of allylic oxidation sites excluding steroid dienone is 1. The molecule has 1 aliphatic rings. The van der Waals surface area contributed by atoms with E-state index in [4.69, 9.17) is 0 Å². The van der Waals surface area contributed by atoms with Crippen LogP contribution in [0.4, 0.5) is 5.69 Å². The number of rotatable bonds is 3. The predicted octanol–water partition coefficient (Wildman–Crippen LogP) is 4.09. The Bertz CT molecular complexity index is 948. The number of dihydropyridines is 1. The fraction of sp³-hybridized carbons (Fsp3) is 0.211. The summed E-state index contributed by atoms with van der Waals surface area (Å²) in [5, 5.41) is 3.42. The Labute approximate surface area is 140 Å². The zero-order valence-corrected chi connectivity index (χ0v) is 13.8. The van der Waals surface area contributed by atoms with Gasteiger partial charge in [-0.05, 0) is 26.0 Å². The van der Waals surface area contributed by atoms with Gasteiger partial charge in [0.2, 0.25) is 0 Å². The van der Waals surface area contributed by atoms with Gasteiger partial charge in [-0.2, -0.15) is 0 Å². The van der Waals surface area contributed by atoms with E-state index in [2.05, 4.69) is 62.5 Å².